The summed E-state index contributed by atoms with van der Waals surface area (Å²) in [5.74, 6) is 0.676. The van der Waals surface area contributed by atoms with E-state index in [2.05, 4.69) is 160 Å². The highest BCUT2D eigenvalue weighted by Gasteiger charge is 2.45. The van der Waals surface area contributed by atoms with E-state index in [-0.39, 0.29) is 0 Å². The van der Waals surface area contributed by atoms with Crippen LogP contribution >= 0.6 is 0 Å². The predicted octanol–water partition coefficient (Wildman–Crippen LogP) is 14.4. The Morgan fingerprint density at radius 2 is 1.28 bits per heavy atom. The summed E-state index contributed by atoms with van der Waals surface area (Å²) >= 11 is 0. The first kappa shape index (κ1) is 30.5. The third-order valence-electron chi connectivity index (χ3n) is 13.4. The van der Waals surface area contributed by atoms with Gasteiger partial charge in [-0.05, 0) is 167 Å². The summed E-state index contributed by atoms with van der Waals surface area (Å²) in [5, 5.41) is 5.58. The van der Waals surface area contributed by atoms with E-state index in [0.29, 0.717) is 11.8 Å². The highest BCUT2D eigenvalue weighted by molar-refractivity contribution is 6.31. The molecule has 0 heterocycles. The number of benzene rings is 6. The van der Waals surface area contributed by atoms with Gasteiger partial charge in [0.25, 0.3) is 0 Å². The highest BCUT2D eigenvalue weighted by atomic mass is 14.5. The van der Waals surface area contributed by atoms with E-state index in [4.69, 9.17) is 0 Å². The van der Waals surface area contributed by atoms with Crippen molar-refractivity contribution in [1.29, 1.82) is 0 Å². The Morgan fingerprint density at radius 3 is 2.07 bits per heavy atom. The molecule has 2 unspecified atom stereocenters. The minimum atomic E-state index is 0.316. The molecule has 6 aromatic carbocycles. The highest BCUT2D eigenvalue weighted by Crippen LogP contribution is 2.63. The summed E-state index contributed by atoms with van der Waals surface area (Å²) in [4.78, 5) is 0. The zero-order valence-corrected chi connectivity index (χ0v) is 30.8. The van der Waals surface area contributed by atoms with Gasteiger partial charge in [0.05, 0.1) is 0 Å². The van der Waals surface area contributed by atoms with Crippen molar-refractivity contribution in [1.82, 2.24) is 0 Å². The molecule has 0 nitrogen and oxygen atoms in total. The average molecular weight is 689 g/mol. The molecule has 0 amide bonds. The first-order chi connectivity index (χ1) is 26.7. The van der Waals surface area contributed by atoms with Gasteiger partial charge in [0.15, 0.2) is 0 Å². The molecular formula is C54H40. The maximum absolute atomic E-state index is 2.63. The maximum atomic E-state index is 2.63. The number of aryl methyl sites for hydroxylation is 2. The molecular weight excluding hydrogens is 649 g/mol. The molecule has 0 saturated carbocycles. The van der Waals surface area contributed by atoms with Crippen LogP contribution in [0, 0.1) is 25.7 Å². The molecule has 256 valence electrons. The maximum Gasteiger partial charge on any atom is 0.0206 e. The monoisotopic (exact) mass is 688 g/mol. The lowest BCUT2D eigenvalue weighted by atomic mass is 9.69. The fraction of sp³-hybridized carbons (Fsp3) is 0.148. The van der Waals surface area contributed by atoms with Gasteiger partial charge in [-0.25, -0.2) is 0 Å². The van der Waals surface area contributed by atoms with E-state index >= 15 is 0 Å². The van der Waals surface area contributed by atoms with Crippen LogP contribution in [0.15, 0.2) is 157 Å². The smallest absolute Gasteiger partial charge is 0.0206 e. The van der Waals surface area contributed by atoms with Crippen molar-refractivity contribution in [2.24, 2.45) is 11.8 Å². The number of rotatable bonds is 3. The van der Waals surface area contributed by atoms with Crippen LogP contribution in [0.1, 0.15) is 59.1 Å². The summed E-state index contributed by atoms with van der Waals surface area (Å²) < 4.78 is 0. The zero-order valence-electron chi connectivity index (χ0n) is 30.8. The fourth-order valence-electron chi connectivity index (χ4n) is 11.3. The van der Waals surface area contributed by atoms with Crippen molar-refractivity contribution < 1.29 is 0 Å². The normalized spacial score (nSPS) is 20.0. The lowest BCUT2D eigenvalue weighted by Crippen LogP contribution is -2.21. The van der Waals surface area contributed by atoms with Crippen LogP contribution in [0.25, 0.3) is 77.2 Å². The molecule has 0 heteroatoms. The van der Waals surface area contributed by atoms with Gasteiger partial charge in [0.1, 0.15) is 0 Å². The number of hydrogen-bond donors (Lipinski definition) is 0. The first-order valence-corrected chi connectivity index (χ1v) is 19.9. The SMILES string of the molecule is Cc1cccc(C)c1-c1ccc2c3c(cc4c(-c5ccccc5)c5c(c(-c6ccccc6)c42)C2=CC4=C(C=CCC4)C4C=CC=C5C24)C2=C(C=CCC2)c13. The molecule has 0 bridgehead atoms. The van der Waals surface area contributed by atoms with Gasteiger partial charge in [0.2, 0.25) is 0 Å². The predicted molar refractivity (Wildman–Crippen MR) is 230 cm³/mol. The molecule has 0 radical (unpaired) electrons. The quantitative estimate of drug-likeness (QED) is 0.162. The third-order valence-corrected chi connectivity index (χ3v) is 13.4. The van der Waals surface area contributed by atoms with Crippen molar-refractivity contribution in [3.8, 4) is 33.4 Å². The minimum Gasteiger partial charge on any atom is -0.0839 e. The van der Waals surface area contributed by atoms with E-state index in [1.165, 1.54) is 122 Å². The Balaban J connectivity index is 1.31. The lowest BCUT2D eigenvalue weighted by Gasteiger charge is -2.34. The van der Waals surface area contributed by atoms with Crippen molar-refractivity contribution in [3.63, 3.8) is 0 Å². The molecule has 54 heavy (non-hydrogen) atoms. The van der Waals surface area contributed by atoms with Crippen LogP contribution in [-0.2, 0) is 0 Å². The molecule has 0 spiro atoms. The Morgan fingerprint density at radius 1 is 0.556 bits per heavy atom. The molecule has 0 saturated heterocycles. The van der Waals surface area contributed by atoms with Gasteiger partial charge in [-0.15, -0.1) is 0 Å². The van der Waals surface area contributed by atoms with Crippen molar-refractivity contribution in [2.75, 3.05) is 0 Å². The van der Waals surface area contributed by atoms with Gasteiger partial charge in [-0.1, -0.05) is 140 Å². The van der Waals surface area contributed by atoms with E-state index in [1.54, 1.807) is 0 Å². The largest absolute Gasteiger partial charge is 0.0839 e. The van der Waals surface area contributed by atoms with E-state index in [9.17, 15) is 0 Å². The van der Waals surface area contributed by atoms with Crippen LogP contribution in [0.4, 0.5) is 0 Å². The lowest BCUT2D eigenvalue weighted by molar-refractivity contribution is 0.660. The molecule has 6 aromatic rings. The molecule has 6 aliphatic rings. The van der Waals surface area contributed by atoms with Crippen LogP contribution in [0.2, 0.25) is 0 Å². The Labute approximate surface area is 317 Å². The van der Waals surface area contributed by atoms with Crippen LogP contribution in [-0.4, -0.2) is 0 Å². The van der Waals surface area contributed by atoms with Crippen LogP contribution in [0.5, 0.6) is 0 Å². The molecule has 0 aliphatic heterocycles. The number of allylic oxidation sites excluding steroid dienone is 14. The van der Waals surface area contributed by atoms with Crippen molar-refractivity contribution in [3.05, 3.63) is 190 Å². The van der Waals surface area contributed by atoms with E-state index in [0.717, 1.165) is 25.7 Å². The van der Waals surface area contributed by atoms with Crippen LogP contribution in [0.3, 0.4) is 0 Å². The zero-order chi connectivity index (χ0) is 35.7. The van der Waals surface area contributed by atoms with E-state index < -0.39 is 0 Å². The van der Waals surface area contributed by atoms with E-state index in [1.807, 2.05) is 0 Å². The summed E-state index contributed by atoms with van der Waals surface area (Å²) in [7, 11) is 0. The second kappa shape index (κ2) is 11.3. The van der Waals surface area contributed by atoms with Crippen molar-refractivity contribution in [2.45, 2.75) is 39.5 Å². The van der Waals surface area contributed by atoms with Crippen molar-refractivity contribution >= 4 is 43.8 Å². The second-order valence-corrected chi connectivity index (χ2v) is 16.1. The molecule has 2 atom stereocenters. The fourth-order valence-corrected chi connectivity index (χ4v) is 11.3. The Kier molecular flexibility index (Phi) is 6.36. The summed E-state index contributed by atoms with van der Waals surface area (Å²) in [6.07, 6.45) is 24.0. The third kappa shape index (κ3) is 3.98. The molecule has 0 aromatic heterocycles. The number of hydrogen-bond acceptors (Lipinski definition) is 0. The van der Waals surface area contributed by atoms with Crippen LogP contribution < -0.4 is 0 Å². The second-order valence-electron chi connectivity index (χ2n) is 16.1. The average Bonchev–Trinajstić information content (AvgIpc) is 3.72. The van der Waals surface area contributed by atoms with Gasteiger partial charge >= 0.3 is 0 Å². The summed E-state index contributed by atoms with van der Waals surface area (Å²) in [6.45, 7) is 4.56. The van der Waals surface area contributed by atoms with Gasteiger partial charge in [-0.2, -0.15) is 0 Å². The topological polar surface area (TPSA) is 0 Å². The van der Waals surface area contributed by atoms with Gasteiger partial charge in [0, 0.05) is 11.8 Å². The number of fused-ring (bicyclic) bond motifs is 8. The first-order valence-electron chi connectivity index (χ1n) is 19.9. The Bertz CT molecular complexity index is 2890. The standard InChI is InChI=1S/C54H40/c1-31-15-13-16-32(2)46(31)41-27-28-42-51-43(37-23-11-12-24-39(37)50(41)51)30-45-47(33-17-5-3-6-18-33)53-40-26-14-25-38-36-22-10-9-21-35(36)29-44(49(38)40)54(53)48(52(42)45)34-19-7-4-8-20-34/h3-8,10,12-20,22,24-30,38,49H,9,11,21,23H2,1-2H3. The molecule has 0 fully saturated rings. The summed E-state index contributed by atoms with van der Waals surface area (Å²) in [6, 6.07) is 37.0. The Hall–Kier alpha value is -5.98. The van der Waals surface area contributed by atoms with Gasteiger partial charge < -0.3 is 0 Å². The van der Waals surface area contributed by atoms with Gasteiger partial charge in [-0.3, -0.25) is 0 Å². The molecule has 0 N–H and O–H groups in total. The molecule has 12 rings (SSSR count). The molecule has 6 aliphatic carbocycles. The summed E-state index contributed by atoms with van der Waals surface area (Å²) in [5.41, 5.74) is 25.5. The minimum absolute atomic E-state index is 0.316.